The van der Waals surface area contributed by atoms with E-state index in [1.165, 1.54) is 10.4 Å². The molecule has 0 spiro atoms. The van der Waals surface area contributed by atoms with E-state index in [9.17, 15) is 4.79 Å². The van der Waals surface area contributed by atoms with E-state index in [1.54, 1.807) is 17.5 Å². The number of H-pyrrole nitrogens is 1. The first-order valence-electron chi connectivity index (χ1n) is 5.70. The first-order valence-corrected chi connectivity index (χ1v) is 6.58. The van der Waals surface area contributed by atoms with Crippen molar-refractivity contribution in [1.29, 1.82) is 0 Å². The maximum absolute atomic E-state index is 12.1. The fourth-order valence-corrected chi connectivity index (χ4v) is 3.55. The van der Waals surface area contributed by atoms with Gasteiger partial charge in [0.05, 0.1) is 10.6 Å². The molecular weight excluding hydrogens is 232 g/mol. The molecule has 1 aliphatic rings. The average Bonchev–Trinajstić information content (AvgIpc) is 2.82. The third-order valence-electron chi connectivity index (χ3n) is 3.23. The van der Waals surface area contributed by atoms with Crippen LogP contribution in [0.25, 0.3) is 10.6 Å². The number of hydrogen-bond acceptors (Lipinski definition) is 3. The summed E-state index contributed by atoms with van der Waals surface area (Å²) in [5.41, 5.74) is 3.20. The maximum atomic E-state index is 12.1. The Labute approximate surface area is 104 Å². The van der Waals surface area contributed by atoms with Crippen molar-refractivity contribution in [3.63, 3.8) is 0 Å². The lowest BCUT2D eigenvalue weighted by Crippen LogP contribution is -2.26. The number of carbonyl (C=O) groups excluding carboxylic acids is 1. The molecule has 88 valence electrons. The van der Waals surface area contributed by atoms with Gasteiger partial charge in [-0.1, -0.05) is 13.8 Å². The number of aromatic amines is 1. The lowest BCUT2D eigenvalue weighted by Gasteiger charge is -2.29. The van der Waals surface area contributed by atoms with E-state index >= 15 is 0 Å². The van der Waals surface area contributed by atoms with Crippen LogP contribution in [0.15, 0.2) is 17.6 Å². The van der Waals surface area contributed by atoms with E-state index in [0.29, 0.717) is 6.42 Å². The average molecular weight is 246 g/mol. The molecule has 0 amide bonds. The van der Waals surface area contributed by atoms with Gasteiger partial charge in [-0.3, -0.25) is 9.89 Å². The maximum Gasteiger partial charge on any atom is 0.164 e. The summed E-state index contributed by atoms with van der Waals surface area (Å²) in [4.78, 5) is 13.2. The van der Waals surface area contributed by atoms with Gasteiger partial charge >= 0.3 is 0 Å². The van der Waals surface area contributed by atoms with Crippen molar-refractivity contribution in [3.05, 3.63) is 28.8 Å². The Bertz CT molecular complexity index is 566. The number of thiophene rings is 1. The Hall–Kier alpha value is -1.42. The Balaban J connectivity index is 2.14. The van der Waals surface area contributed by atoms with Crippen molar-refractivity contribution in [1.82, 2.24) is 10.2 Å². The number of aromatic nitrogens is 2. The monoisotopic (exact) mass is 246 g/mol. The molecule has 17 heavy (non-hydrogen) atoms. The second-order valence-electron chi connectivity index (χ2n) is 5.37. The zero-order chi connectivity index (χ0) is 12.0. The lowest BCUT2D eigenvalue weighted by molar-refractivity contribution is 0.0913. The molecule has 2 heterocycles. The molecule has 0 atom stereocenters. The number of nitrogens with zero attached hydrogens (tertiary/aromatic N) is 1. The molecule has 0 saturated carbocycles. The first-order chi connectivity index (χ1) is 8.07. The molecule has 0 aliphatic heterocycles. The molecule has 3 nitrogen and oxygen atoms in total. The van der Waals surface area contributed by atoms with Crippen LogP contribution in [0, 0.1) is 5.41 Å². The molecule has 2 aromatic heterocycles. The highest BCUT2D eigenvalue weighted by Gasteiger charge is 2.33. The normalized spacial score (nSPS) is 18.1. The Morgan fingerprint density at radius 3 is 2.94 bits per heavy atom. The summed E-state index contributed by atoms with van der Waals surface area (Å²) >= 11 is 1.64. The largest absolute Gasteiger partial charge is 0.294 e. The Kier molecular flexibility index (Phi) is 2.23. The number of hydrogen-bond donors (Lipinski definition) is 1. The van der Waals surface area contributed by atoms with Crippen LogP contribution in [0.2, 0.25) is 0 Å². The number of rotatable bonds is 1. The molecule has 0 unspecified atom stereocenters. The van der Waals surface area contributed by atoms with E-state index in [4.69, 9.17) is 0 Å². The van der Waals surface area contributed by atoms with Crippen molar-refractivity contribution in [2.75, 3.05) is 0 Å². The second-order valence-corrected chi connectivity index (χ2v) is 6.25. The van der Waals surface area contributed by atoms with Gasteiger partial charge in [-0.25, -0.2) is 0 Å². The Morgan fingerprint density at radius 2 is 2.24 bits per heavy atom. The molecule has 0 radical (unpaired) electrons. The summed E-state index contributed by atoms with van der Waals surface area (Å²) in [5.74, 6) is 0.276. The van der Waals surface area contributed by atoms with Crippen LogP contribution in [0.3, 0.4) is 0 Å². The minimum absolute atomic E-state index is 0.0694. The standard InChI is InChI=1S/C13H14N2OS/c1-13(2)5-8-9(11(16)6-13)7-17-12(8)10-3-4-14-15-10/h3-4,7H,5-6H2,1-2H3,(H,14,15). The van der Waals surface area contributed by atoms with Crippen LogP contribution in [-0.2, 0) is 6.42 Å². The molecular formula is C13H14N2OS. The van der Waals surface area contributed by atoms with Crippen LogP contribution in [0.1, 0.15) is 36.2 Å². The van der Waals surface area contributed by atoms with E-state index in [-0.39, 0.29) is 11.2 Å². The van der Waals surface area contributed by atoms with Crippen molar-refractivity contribution in [2.24, 2.45) is 5.41 Å². The second kappa shape index (κ2) is 3.53. The molecule has 0 saturated heterocycles. The van der Waals surface area contributed by atoms with Crippen molar-refractivity contribution in [2.45, 2.75) is 26.7 Å². The van der Waals surface area contributed by atoms with Gasteiger partial charge in [-0.15, -0.1) is 11.3 Å². The lowest BCUT2D eigenvalue weighted by atomic mass is 9.74. The molecule has 1 N–H and O–H groups in total. The van der Waals surface area contributed by atoms with E-state index in [0.717, 1.165) is 17.7 Å². The fourth-order valence-electron chi connectivity index (χ4n) is 2.47. The predicted molar refractivity (Wildman–Crippen MR) is 68.3 cm³/mol. The SMILES string of the molecule is CC1(C)CC(=O)c2csc(-c3ccn[nH]3)c2C1. The number of carbonyl (C=O) groups is 1. The minimum Gasteiger partial charge on any atom is -0.294 e. The van der Waals surface area contributed by atoms with Gasteiger partial charge in [0.2, 0.25) is 0 Å². The molecule has 3 rings (SSSR count). The molecule has 0 aromatic carbocycles. The summed E-state index contributed by atoms with van der Waals surface area (Å²) in [6, 6.07) is 1.96. The van der Waals surface area contributed by atoms with Crippen LogP contribution in [-0.4, -0.2) is 16.0 Å². The van der Waals surface area contributed by atoms with Gasteiger partial charge < -0.3 is 0 Å². The van der Waals surface area contributed by atoms with Gasteiger partial charge in [0, 0.05) is 23.6 Å². The van der Waals surface area contributed by atoms with E-state index < -0.39 is 0 Å². The number of Topliss-reactive ketones (excluding diaryl/α,β-unsaturated/α-hetero) is 1. The summed E-state index contributed by atoms with van der Waals surface area (Å²) < 4.78 is 0. The van der Waals surface area contributed by atoms with Gasteiger partial charge in [-0.2, -0.15) is 5.10 Å². The smallest absolute Gasteiger partial charge is 0.164 e. The first kappa shape index (κ1) is 10.7. The third kappa shape index (κ3) is 1.72. The fraction of sp³-hybridized carbons (Fsp3) is 0.385. The zero-order valence-corrected chi connectivity index (χ0v) is 10.7. The summed E-state index contributed by atoms with van der Waals surface area (Å²) in [6.07, 6.45) is 3.36. The highest BCUT2D eigenvalue weighted by Crippen LogP contribution is 2.42. The molecule has 2 aromatic rings. The predicted octanol–water partition coefficient (Wildman–Crippen LogP) is 3.29. The van der Waals surface area contributed by atoms with Crippen molar-refractivity contribution in [3.8, 4) is 10.6 Å². The van der Waals surface area contributed by atoms with Crippen LogP contribution in [0.4, 0.5) is 0 Å². The molecule has 4 heteroatoms. The summed E-state index contributed by atoms with van der Waals surface area (Å²) in [5, 5.41) is 8.95. The number of fused-ring (bicyclic) bond motifs is 1. The number of ketones is 1. The van der Waals surface area contributed by atoms with Crippen molar-refractivity contribution >= 4 is 17.1 Å². The van der Waals surface area contributed by atoms with Gasteiger partial charge in [0.25, 0.3) is 0 Å². The van der Waals surface area contributed by atoms with Gasteiger partial charge in [0.15, 0.2) is 5.78 Å². The van der Waals surface area contributed by atoms with Gasteiger partial charge in [0.1, 0.15) is 0 Å². The molecule has 0 fully saturated rings. The highest BCUT2D eigenvalue weighted by molar-refractivity contribution is 7.14. The van der Waals surface area contributed by atoms with Crippen LogP contribution < -0.4 is 0 Å². The molecule has 1 aliphatic carbocycles. The van der Waals surface area contributed by atoms with Crippen molar-refractivity contribution < 1.29 is 4.79 Å². The number of nitrogens with one attached hydrogen (secondary N) is 1. The third-order valence-corrected chi connectivity index (χ3v) is 4.29. The van der Waals surface area contributed by atoms with Crippen LogP contribution in [0.5, 0.6) is 0 Å². The summed E-state index contributed by atoms with van der Waals surface area (Å²) in [6.45, 7) is 4.31. The van der Waals surface area contributed by atoms with E-state index in [2.05, 4.69) is 24.0 Å². The topological polar surface area (TPSA) is 45.8 Å². The summed E-state index contributed by atoms with van der Waals surface area (Å²) in [7, 11) is 0. The van der Waals surface area contributed by atoms with E-state index in [1.807, 2.05) is 11.4 Å². The van der Waals surface area contributed by atoms with Crippen LogP contribution >= 0.6 is 11.3 Å². The quantitative estimate of drug-likeness (QED) is 0.839. The zero-order valence-electron chi connectivity index (χ0n) is 9.91. The molecule has 0 bridgehead atoms. The highest BCUT2D eigenvalue weighted by atomic mass is 32.1. The van der Waals surface area contributed by atoms with Gasteiger partial charge in [-0.05, 0) is 23.5 Å². The minimum atomic E-state index is 0.0694. The Morgan fingerprint density at radius 1 is 1.41 bits per heavy atom.